The van der Waals surface area contributed by atoms with Crippen molar-refractivity contribution in [1.82, 2.24) is 20.1 Å². The number of H-pyrrole nitrogens is 1. The zero-order valence-electron chi connectivity index (χ0n) is 14.4. The Kier molecular flexibility index (Phi) is 4.28. The lowest BCUT2D eigenvalue weighted by atomic mass is 9.95. The molecular weight excluding hydrogens is 316 g/mol. The predicted molar refractivity (Wildman–Crippen MR) is 91.8 cm³/mol. The first-order chi connectivity index (χ1) is 12.2. The molecule has 1 aromatic rings. The quantitative estimate of drug-likeness (QED) is 0.774. The Morgan fingerprint density at radius 3 is 2.60 bits per heavy atom. The van der Waals surface area contributed by atoms with Gasteiger partial charge in [-0.05, 0) is 25.7 Å². The van der Waals surface area contributed by atoms with Gasteiger partial charge in [0.1, 0.15) is 5.82 Å². The summed E-state index contributed by atoms with van der Waals surface area (Å²) in [7, 11) is 0. The number of carbonyl (C=O) groups excluding carboxylic acids is 1. The monoisotopic (exact) mass is 340 g/mol. The van der Waals surface area contributed by atoms with Crippen molar-refractivity contribution < 1.29 is 4.79 Å². The second kappa shape index (κ2) is 6.58. The van der Waals surface area contributed by atoms with Crippen LogP contribution in [0.2, 0.25) is 0 Å². The maximum Gasteiger partial charge on any atom is 0.222 e. The molecule has 7 heteroatoms. The molecular formula is C18H24N6O. The average molecular weight is 340 g/mol. The molecule has 3 heterocycles. The van der Waals surface area contributed by atoms with Gasteiger partial charge in [0.25, 0.3) is 0 Å². The molecule has 1 saturated carbocycles. The largest absolute Gasteiger partial charge is 0.343 e. The topological polar surface area (TPSA) is 86.6 Å². The summed E-state index contributed by atoms with van der Waals surface area (Å²) >= 11 is 0. The second-order valence-corrected chi connectivity index (χ2v) is 7.39. The second-order valence-electron chi connectivity index (χ2n) is 7.39. The number of aromatic nitrogens is 3. The number of rotatable bonds is 7. The van der Waals surface area contributed by atoms with Crippen LogP contribution in [0.5, 0.6) is 0 Å². The maximum atomic E-state index is 12.5. The third-order valence-corrected chi connectivity index (χ3v) is 5.49. The van der Waals surface area contributed by atoms with Crippen LogP contribution in [0, 0.1) is 12.3 Å². The number of piperidine rings is 1. The summed E-state index contributed by atoms with van der Waals surface area (Å²) in [6.45, 7) is 1.57. The smallest absolute Gasteiger partial charge is 0.222 e. The van der Waals surface area contributed by atoms with E-state index in [0.717, 1.165) is 44.0 Å². The summed E-state index contributed by atoms with van der Waals surface area (Å²) in [5.74, 6) is 5.76. The molecule has 0 aromatic carbocycles. The Balaban J connectivity index is 1.22. The number of nitrogens with zero attached hydrogens (tertiary/aromatic N) is 5. The highest BCUT2D eigenvalue weighted by Crippen LogP contribution is 2.39. The van der Waals surface area contributed by atoms with Crippen LogP contribution in [0.3, 0.4) is 0 Å². The van der Waals surface area contributed by atoms with Crippen molar-refractivity contribution in [1.29, 1.82) is 0 Å². The minimum Gasteiger partial charge on any atom is -0.343 e. The van der Waals surface area contributed by atoms with E-state index in [1.807, 2.05) is 4.90 Å². The highest BCUT2D eigenvalue weighted by Gasteiger charge is 2.40. The van der Waals surface area contributed by atoms with Crippen molar-refractivity contribution in [2.75, 3.05) is 13.1 Å². The molecule has 132 valence electrons. The number of aromatic amines is 1. The molecule has 4 rings (SSSR count). The van der Waals surface area contributed by atoms with Gasteiger partial charge in [-0.3, -0.25) is 9.89 Å². The van der Waals surface area contributed by atoms with E-state index in [1.165, 1.54) is 12.8 Å². The molecule has 0 bridgehead atoms. The van der Waals surface area contributed by atoms with E-state index in [1.54, 1.807) is 0 Å². The third-order valence-electron chi connectivity index (χ3n) is 5.49. The van der Waals surface area contributed by atoms with Gasteiger partial charge in [-0.25, -0.2) is 4.98 Å². The van der Waals surface area contributed by atoms with Crippen LogP contribution in [0.4, 0.5) is 0 Å². The molecule has 1 saturated heterocycles. The standard InChI is InChI=1S/C18H24N6O/c1-2-3-9-18(22-23-18)10-6-15(25)24-11-7-14(8-12-24)17-19-16(20-21-17)13-4-5-13/h1,13-14H,3-12H2,(H,19,20,21). The van der Waals surface area contributed by atoms with Gasteiger partial charge in [-0.15, -0.1) is 12.3 Å². The summed E-state index contributed by atoms with van der Waals surface area (Å²) < 4.78 is 0. The molecule has 0 radical (unpaired) electrons. The molecule has 1 amide bonds. The van der Waals surface area contributed by atoms with E-state index in [9.17, 15) is 4.79 Å². The van der Waals surface area contributed by atoms with E-state index in [2.05, 4.69) is 31.3 Å². The van der Waals surface area contributed by atoms with Gasteiger partial charge in [-0.2, -0.15) is 15.3 Å². The Morgan fingerprint density at radius 1 is 1.20 bits per heavy atom. The highest BCUT2D eigenvalue weighted by atomic mass is 16.2. The highest BCUT2D eigenvalue weighted by molar-refractivity contribution is 5.76. The fraction of sp³-hybridized carbons (Fsp3) is 0.722. The minimum absolute atomic E-state index is 0.201. The number of terminal acetylenes is 1. The summed E-state index contributed by atoms with van der Waals surface area (Å²) in [5, 5.41) is 15.7. The SMILES string of the molecule is C#CCCC1(CCC(=O)N2CCC(c3nc(C4CC4)n[nH]3)CC2)N=N1. The zero-order valence-corrected chi connectivity index (χ0v) is 14.4. The van der Waals surface area contributed by atoms with Crippen LogP contribution in [0.25, 0.3) is 0 Å². The molecule has 25 heavy (non-hydrogen) atoms. The van der Waals surface area contributed by atoms with Gasteiger partial charge in [0, 0.05) is 50.6 Å². The van der Waals surface area contributed by atoms with E-state index in [-0.39, 0.29) is 11.6 Å². The van der Waals surface area contributed by atoms with Crippen LogP contribution < -0.4 is 0 Å². The third kappa shape index (κ3) is 3.73. The Bertz CT molecular complexity index is 699. The number of carbonyl (C=O) groups is 1. The molecule has 0 spiro atoms. The number of amides is 1. The van der Waals surface area contributed by atoms with Crippen LogP contribution in [0.15, 0.2) is 10.2 Å². The molecule has 2 fully saturated rings. The first kappa shape index (κ1) is 16.2. The molecule has 3 aliphatic rings. The number of likely N-dealkylation sites (tertiary alicyclic amines) is 1. The Hall–Kier alpha value is -2.23. The van der Waals surface area contributed by atoms with Gasteiger partial charge in [0.2, 0.25) is 5.91 Å². The summed E-state index contributed by atoms with van der Waals surface area (Å²) in [4.78, 5) is 19.1. The fourth-order valence-electron chi connectivity index (χ4n) is 3.53. The Labute approximate surface area is 147 Å². The van der Waals surface area contributed by atoms with Crippen LogP contribution in [0.1, 0.15) is 74.9 Å². The fourth-order valence-corrected chi connectivity index (χ4v) is 3.53. The van der Waals surface area contributed by atoms with E-state index in [0.29, 0.717) is 31.1 Å². The molecule has 1 aromatic heterocycles. The molecule has 1 aliphatic carbocycles. The molecule has 2 aliphatic heterocycles. The first-order valence-corrected chi connectivity index (χ1v) is 9.27. The van der Waals surface area contributed by atoms with Gasteiger partial charge >= 0.3 is 0 Å². The molecule has 7 nitrogen and oxygen atoms in total. The average Bonchev–Trinajstić information content (AvgIpc) is 3.58. The Morgan fingerprint density at radius 2 is 1.96 bits per heavy atom. The van der Waals surface area contributed by atoms with Crippen molar-refractivity contribution in [3.63, 3.8) is 0 Å². The lowest BCUT2D eigenvalue weighted by Crippen LogP contribution is -2.38. The van der Waals surface area contributed by atoms with Crippen molar-refractivity contribution in [3.8, 4) is 12.3 Å². The van der Waals surface area contributed by atoms with E-state index >= 15 is 0 Å². The van der Waals surface area contributed by atoms with E-state index in [4.69, 9.17) is 6.42 Å². The minimum atomic E-state index is -0.362. The lowest BCUT2D eigenvalue weighted by Gasteiger charge is -2.31. The summed E-state index contributed by atoms with van der Waals surface area (Å²) in [6.07, 6.45) is 12.2. The van der Waals surface area contributed by atoms with Crippen molar-refractivity contribution in [2.24, 2.45) is 10.2 Å². The number of hydrogen-bond donors (Lipinski definition) is 1. The van der Waals surface area contributed by atoms with Crippen molar-refractivity contribution in [2.45, 2.75) is 68.9 Å². The predicted octanol–water partition coefficient (Wildman–Crippen LogP) is 2.74. The summed E-state index contributed by atoms with van der Waals surface area (Å²) in [5.41, 5.74) is -0.362. The van der Waals surface area contributed by atoms with E-state index < -0.39 is 0 Å². The van der Waals surface area contributed by atoms with Crippen LogP contribution >= 0.6 is 0 Å². The summed E-state index contributed by atoms with van der Waals surface area (Å²) in [6, 6.07) is 0. The molecule has 0 atom stereocenters. The van der Waals surface area contributed by atoms with Gasteiger partial charge < -0.3 is 4.90 Å². The number of hydrogen-bond acceptors (Lipinski definition) is 5. The molecule has 0 unspecified atom stereocenters. The van der Waals surface area contributed by atoms with Crippen LogP contribution in [-0.4, -0.2) is 44.7 Å². The normalized spacial score (nSPS) is 22.0. The van der Waals surface area contributed by atoms with Gasteiger partial charge in [-0.1, -0.05) is 0 Å². The lowest BCUT2D eigenvalue weighted by molar-refractivity contribution is -0.132. The van der Waals surface area contributed by atoms with Crippen LogP contribution in [-0.2, 0) is 4.79 Å². The number of nitrogens with one attached hydrogen (secondary N) is 1. The van der Waals surface area contributed by atoms with Crippen molar-refractivity contribution in [3.05, 3.63) is 11.6 Å². The van der Waals surface area contributed by atoms with Gasteiger partial charge in [0.15, 0.2) is 11.5 Å². The van der Waals surface area contributed by atoms with Crippen molar-refractivity contribution >= 4 is 5.91 Å². The maximum absolute atomic E-state index is 12.5. The first-order valence-electron chi connectivity index (χ1n) is 9.27. The zero-order chi connectivity index (χ0) is 17.3. The molecule has 1 N–H and O–H groups in total. The van der Waals surface area contributed by atoms with Gasteiger partial charge in [0.05, 0.1) is 0 Å².